The molecule has 1 saturated carbocycles. The lowest BCUT2D eigenvalue weighted by Gasteiger charge is -2.32. The van der Waals surface area contributed by atoms with Crippen LogP contribution in [-0.4, -0.2) is 57.3 Å². The van der Waals surface area contributed by atoms with E-state index in [1.807, 2.05) is 24.3 Å². The number of thioether (sulfide) groups is 1. The molecule has 1 aliphatic heterocycles. The van der Waals surface area contributed by atoms with Crippen molar-refractivity contribution in [2.45, 2.75) is 56.0 Å². The van der Waals surface area contributed by atoms with Crippen molar-refractivity contribution in [1.29, 1.82) is 0 Å². The number of rotatable bonds is 7. The molecule has 184 valence electrons. The Morgan fingerprint density at radius 1 is 1.06 bits per heavy atom. The maximum Gasteiger partial charge on any atom is 0.407 e. The largest absolute Gasteiger partial charge is 0.480 e. The van der Waals surface area contributed by atoms with Gasteiger partial charge >= 0.3 is 12.1 Å². The molecule has 2 N–H and O–H groups in total. The molecule has 3 aliphatic rings. The van der Waals surface area contributed by atoms with Gasteiger partial charge in [-0.05, 0) is 54.9 Å². The van der Waals surface area contributed by atoms with Crippen LogP contribution in [0.4, 0.5) is 4.79 Å². The molecule has 8 heteroatoms. The molecule has 5 rings (SSSR count). The number of ether oxygens (including phenoxy) is 1. The fourth-order valence-electron chi connectivity index (χ4n) is 5.20. The van der Waals surface area contributed by atoms with Crippen molar-refractivity contribution < 1.29 is 24.2 Å². The van der Waals surface area contributed by atoms with E-state index in [0.717, 1.165) is 35.1 Å². The Morgan fingerprint density at radius 3 is 2.23 bits per heavy atom. The number of nitrogens with one attached hydrogen (secondary N) is 1. The standard InChI is InChI=1S/C27H30N2O5S/c1-27(2,13-23(30)29-22(25(31)32)15-35-24(29)16-11-12-16)28-26(33)34-14-21-19-9-5-3-7-17(19)18-8-4-6-10-20(18)21/h3-10,16,21-22,24H,11-15H2,1-2H3,(H,28,33)(H,31,32). The maximum atomic E-state index is 13.2. The minimum Gasteiger partial charge on any atom is -0.480 e. The van der Waals surface area contributed by atoms with Gasteiger partial charge in [0.05, 0.1) is 5.37 Å². The third-order valence-electron chi connectivity index (χ3n) is 7.01. The van der Waals surface area contributed by atoms with Crippen molar-refractivity contribution in [2.24, 2.45) is 5.92 Å². The fourth-order valence-corrected chi connectivity index (χ4v) is 6.85. The van der Waals surface area contributed by atoms with Gasteiger partial charge in [0.15, 0.2) is 0 Å². The van der Waals surface area contributed by atoms with Gasteiger partial charge in [-0.25, -0.2) is 9.59 Å². The Kier molecular flexibility index (Phi) is 6.25. The van der Waals surface area contributed by atoms with Crippen LogP contribution in [0.5, 0.6) is 0 Å². The second-order valence-corrected chi connectivity index (χ2v) is 11.4. The highest BCUT2D eigenvalue weighted by Crippen LogP contribution is 2.46. The summed E-state index contributed by atoms with van der Waals surface area (Å²) in [5.41, 5.74) is 3.69. The Labute approximate surface area is 209 Å². The molecule has 2 aliphatic carbocycles. The SMILES string of the molecule is CC(C)(CC(=O)N1C(C(=O)O)CSC1C1CC1)NC(=O)OCC1c2ccccc2-c2ccccc21. The summed E-state index contributed by atoms with van der Waals surface area (Å²) in [6.45, 7) is 3.71. The summed E-state index contributed by atoms with van der Waals surface area (Å²) < 4.78 is 5.64. The summed E-state index contributed by atoms with van der Waals surface area (Å²) >= 11 is 1.55. The number of carbonyl (C=O) groups is 3. The Bertz CT molecular complexity index is 1120. The highest BCUT2D eigenvalue weighted by molar-refractivity contribution is 8.00. The molecule has 0 aromatic heterocycles. The molecule has 0 radical (unpaired) electrons. The summed E-state index contributed by atoms with van der Waals surface area (Å²) in [5, 5.41) is 12.3. The number of fused-ring (bicyclic) bond motifs is 3. The highest BCUT2D eigenvalue weighted by Gasteiger charge is 2.48. The number of amides is 2. The molecular formula is C27H30N2O5S. The number of benzene rings is 2. The molecule has 1 heterocycles. The summed E-state index contributed by atoms with van der Waals surface area (Å²) in [6, 6.07) is 15.5. The third kappa shape index (κ3) is 4.76. The molecular weight excluding hydrogens is 464 g/mol. The van der Waals surface area contributed by atoms with Gasteiger partial charge in [-0.1, -0.05) is 48.5 Å². The quantitative estimate of drug-likeness (QED) is 0.590. The number of nitrogens with zero attached hydrogens (tertiary/aromatic N) is 1. The zero-order valence-corrected chi connectivity index (χ0v) is 20.7. The number of hydrogen-bond donors (Lipinski definition) is 2. The molecule has 2 unspecified atom stereocenters. The number of carboxylic acids is 1. The van der Waals surface area contributed by atoms with Crippen LogP contribution in [0.25, 0.3) is 11.1 Å². The average molecular weight is 495 g/mol. The van der Waals surface area contributed by atoms with Crippen LogP contribution in [0.3, 0.4) is 0 Å². The van der Waals surface area contributed by atoms with Gasteiger partial charge in [0.2, 0.25) is 5.91 Å². The summed E-state index contributed by atoms with van der Waals surface area (Å²) in [7, 11) is 0. The lowest BCUT2D eigenvalue weighted by atomic mass is 9.98. The molecule has 2 fully saturated rings. The molecule has 35 heavy (non-hydrogen) atoms. The lowest BCUT2D eigenvalue weighted by molar-refractivity contribution is -0.149. The average Bonchev–Trinajstić information content (AvgIpc) is 3.47. The molecule has 1 saturated heterocycles. The van der Waals surface area contributed by atoms with E-state index in [0.29, 0.717) is 11.7 Å². The first kappa shape index (κ1) is 23.7. The van der Waals surface area contributed by atoms with Crippen molar-refractivity contribution in [2.75, 3.05) is 12.4 Å². The normalized spacial score (nSPS) is 21.4. The van der Waals surface area contributed by atoms with E-state index >= 15 is 0 Å². The van der Waals surface area contributed by atoms with Gasteiger partial charge in [-0.15, -0.1) is 11.8 Å². The second-order valence-electron chi connectivity index (χ2n) is 10.2. The van der Waals surface area contributed by atoms with Crippen molar-refractivity contribution in [1.82, 2.24) is 10.2 Å². The predicted octanol–water partition coefficient (Wildman–Crippen LogP) is 4.46. The van der Waals surface area contributed by atoms with Gasteiger partial charge in [-0.3, -0.25) is 4.79 Å². The minimum absolute atomic E-state index is 0.00472. The van der Waals surface area contributed by atoms with Gasteiger partial charge < -0.3 is 20.1 Å². The van der Waals surface area contributed by atoms with Crippen LogP contribution >= 0.6 is 11.8 Å². The fraction of sp³-hybridized carbons (Fsp3) is 0.444. The maximum absolute atomic E-state index is 13.2. The zero-order valence-electron chi connectivity index (χ0n) is 19.9. The molecule has 2 atom stereocenters. The van der Waals surface area contributed by atoms with Crippen LogP contribution in [0, 0.1) is 5.92 Å². The second kappa shape index (κ2) is 9.22. The first-order valence-electron chi connectivity index (χ1n) is 12.0. The predicted molar refractivity (Wildman–Crippen MR) is 134 cm³/mol. The molecule has 0 bridgehead atoms. The Balaban J connectivity index is 1.21. The smallest absolute Gasteiger partial charge is 0.407 e. The summed E-state index contributed by atoms with van der Waals surface area (Å²) in [6.07, 6.45) is 1.46. The lowest BCUT2D eigenvalue weighted by Crippen LogP contribution is -2.52. The van der Waals surface area contributed by atoms with Crippen LogP contribution in [0.15, 0.2) is 48.5 Å². The van der Waals surface area contributed by atoms with Crippen LogP contribution in [0.2, 0.25) is 0 Å². The number of carboxylic acid groups (broad SMARTS) is 1. The molecule has 7 nitrogen and oxygen atoms in total. The van der Waals surface area contributed by atoms with E-state index in [-0.39, 0.29) is 30.2 Å². The van der Waals surface area contributed by atoms with Gasteiger partial charge in [0, 0.05) is 23.6 Å². The molecule has 2 amide bonds. The zero-order chi connectivity index (χ0) is 24.7. The Morgan fingerprint density at radius 2 is 1.66 bits per heavy atom. The topological polar surface area (TPSA) is 95.9 Å². The number of aliphatic carboxylic acids is 1. The van der Waals surface area contributed by atoms with Gasteiger partial charge in [0.25, 0.3) is 0 Å². The van der Waals surface area contributed by atoms with E-state index in [1.165, 1.54) is 4.90 Å². The van der Waals surface area contributed by atoms with Crippen molar-refractivity contribution in [3.05, 3.63) is 59.7 Å². The van der Waals surface area contributed by atoms with E-state index in [9.17, 15) is 19.5 Å². The number of carbonyl (C=O) groups excluding carboxylic acids is 2. The van der Waals surface area contributed by atoms with E-state index in [1.54, 1.807) is 25.6 Å². The number of hydrogen-bond acceptors (Lipinski definition) is 5. The first-order valence-corrected chi connectivity index (χ1v) is 13.1. The summed E-state index contributed by atoms with van der Waals surface area (Å²) in [5.74, 6) is -0.496. The first-order chi connectivity index (χ1) is 16.7. The van der Waals surface area contributed by atoms with Crippen molar-refractivity contribution >= 4 is 29.7 Å². The van der Waals surface area contributed by atoms with Gasteiger partial charge in [0.1, 0.15) is 12.6 Å². The Hall–Kier alpha value is -3.00. The van der Waals surface area contributed by atoms with E-state index in [2.05, 4.69) is 29.6 Å². The van der Waals surface area contributed by atoms with Crippen LogP contribution in [-0.2, 0) is 14.3 Å². The monoisotopic (exact) mass is 494 g/mol. The van der Waals surface area contributed by atoms with Crippen LogP contribution in [0.1, 0.15) is 50.2 Å². The third-order valence-corrected chi connectivity index (χ3v) is 8.47. The summed E-state index contributed by atoms with van der Waals surface area (Å²) in [4.78, 5) is 39.2. The van der Waals surface area contributed by atoms with E-state index in [4.69, 9.17) is 4.74 Å². The van der Waals surface area contributed by atoms with Crippen molar-refractivity contribution in [3.8, 4) is 11.1 Å². The highest BCUT2D eigenvalue weighted by atomic mass is 32.2. The van der Waals surface area contributed by atoms with Crippen molar-refractivity contribution in [3.63, 3.8) is 0 Å². The molecule has 2 aromatic carbocycles. The molecule has 2 aromatic rings. The van der Waals surface area contributed by atoms with E-state index < -0.39 is 23.6 Å². The number of alkyl carbamates (subject to hydrolysis) is 1. The minimum atomic E-state index is -0.976. The molecule has 0 spiro atoms. The van der Waals surface area contributed by atoms with Crippen LogP contribution < -0.4 is 5.32 Å². The van der Waals surface area contributed by atoms with Gasteiger partial charge in [-0.2, -0.15) is 0 Å².